The second kappa shape index (κ2) is 9.09. The molecule has 1 aromatic heterocycles. The van der Waals surface area contributed by atoms with Crippen LogP contribution in [0, 0.1) is 11.3 Å². The zero-order chi connectivity index (χ0) is 21.8. The molecule has 0 saturated carbocycles. The molecule has 3 aromatic carbocycles. The van der Waals surface area contributed by atoms with Crippen LogP contribution in [-0.2, 0) is 11.3 Å². The van der Waals surface area contributed by atoms with Crippen molar-refractivity contribution in [1.29, 1.82) is 5.26 Å². The lowest BCUT2D eigenvalue weighted by Gasteiger charge is -2.05. The maximum Gasteiger partial charge on any atom is 0.266 e. The quantitative estimate of drug-likeness (QED) is 0.280. The molecule has 1 amide bonds. The van der Waals surface area contributed by atoms with Gasteiger partial charge in [0, 0.05) is 44.9 Å². The molecule has 1 heterocycles. The van der Waals surface area contributed by atoms with E-state index >= 15 is 0 Å². The van der Waals surface area contributed by atoms with Gasteiger partial charge >= 0.3 is 0 Å². The molecule has 152 valence electrons. The number of benzene rings is 3. The minimum Gasteiger partial charge on any atom is -0.342 e. The number of nitrogens with zero attached hydrogens (tertiary/aromatic N) is 2. The lowest BCUT2D eigenvalue weighted by Crippen LogP contribution is -2.13. The van der Waals surface area contributed by atoms with Crippen LogP contribution in [0.5, 0.6) is 0 Å². The van der Waals surface area contributed by atoms with Crippen molar-refractivity contribution in [2.75, 3.05) is 5.32 Å². The summed E-state index contributed by atoms with van der Waals surface area (Å²) in [6.07, 6.45) is 3.56. The van der Waals surface area contributed by atoms with Crippen molar-refractivity contribution < 1.29 is 4.79 Å². The normalized spacial score (nSPS) is 11.3. The Kier molecular flexibility index (Phi) is 6.08. The lowest BCUT2D eigenvalue weighted by molar-refractivity contribution is -0.112. The number of nitriles is 1. The van der Waals surface area contributed by atoms with Crippen molar-refractivity contribution in [2.45, 2.75) is 6.54 Å². The van der Waals surface area contributed by atoms with Gasteiger partial charge in [-0.2, -0.15) is 5.26 Å². The molecule has 0 saturated heterocycles. The van der Waals surface area contributed by atoms with Gasteiger partial charge in [0.1, 0.15) is 11.6 Å². The summed E-state index contributed by atoms with van der Waals surface area (Å²) in [5, 5.41) is 14.1. The van der Waals surface area contributed by atoms with Crippen LogP contribution in [0.15, 0.2) is 84.6 Å². The Labute approximate surface area is 189 Å². The Morgan fingerprint density at radius 2 is 1.68 bits per heavy atom. The first-order valence-corrected chi connectivity index (χ1v) is 10.3. The summed E-state index contributed by atoms with van der Waals surface area (Å²) >= 11 is 12.0. The number of hydrogen-bond donors (Lipinski definition) is 1. The molecule has 1 N–H and O–H groups in total. The fourth-order valence-corrected chi connectivity index (χ4v) is 3.96. The van der Waals surface area contributed by atoms with Crippen LogP contribution in [0.2, 0.25) is 10.0 Å². The summed E-state index contributed by atoms with van der Waals surface area (Å²) in [4.78, 5) is 12.7. The molecule has 0 atom stereocenters. The molecule has 4 nitrogen and oxygen atoms in total. The standard InChI is InChI=1S/C25H17Cl2N3O/c26-20-11-21(27)13-22(12-20)29-25(31)18(14-28)10-19-16-30(15-17-6-2-1-3-7-17)24-9-5-4-8-23(19)24/h1-13,16H,15H2,(H,29,31)/b18-10+. The maximum atomic E-state index is 12.7. The zero-order valence-electron chi connectivity index (χ0n) is 16.3. The van der Waals surface area contributed by atoms with Crippen LogP contribution in [0.1, 0.15) is 11.1 Å². The highest BCUT2D eigenvalue weighted by molar-refractivity contribution is 6.35. The third-order valence-corrected chi connectivity index (χ3v) is 5.24. The van der Waals surface area contributed by atoms with Gasteiger partial charge in [-0.15, -0.1) is 0 Å². The third-order valence-electron chi connectivity index (χ3n) is 4.80. The van der Waals surface area contributed by atoms with E-state index in [2.05, 4.69) is 22.0 Å². The smallest absolute Gasteiger partial charge is 0.266 e. The van der Waals surface area contributed by atoms with E-state index in [9.17, 15) is 10.1 Å². The molecule has 0 bridgehead atoms. The van der Waals surface area contributed by atoms with E-state index in [0.29, 0.717) is 22.3 Å². The molecule has 0 aliphatic carbocycles. The first-order chi connectivity index (χ1) is 15.0. The maximum absolute atomic E-state index is 12.7. The molecule has 0 spiro atoms. The number of para-hydroxylation sites is 1. The Hall–Kier alpha value is -3.52. The van der Waals surface area contributed by atoms with Crippen molar-refractivity contribution >= 4 is 51.8 Å². The van der Waals surface area contributed by atoms with Gasteiger partial charge in [0.05, 0.1) is 0 Å². The average molecular weight is 446 g/mol. The van der Waals surface area contributed by atoms with Gasteiger partial charge in [-0.25, -0.2) is 0 Å². The first-order valence-electron chi connectivity index (χ1n) is 9.54. The minimum atomic E-state index is -0.527. The predicted octanol–water partition coefficient (Wildman–Crippen LogP) is 6.54. The van der Waals surface area contributed by atoms with Crippen molar-refractivity contribution in [3.8, 4) is 6.07 Å². The summed E-state index contributed by atoms with van der Waals surface area (Å²) in [5.74, 6) is -0.527. The van der Waals surface area contributed by atoms with E-state index in [4.69, 9.17) is 23.2 Å². The van der Waals surface area contributed by atoms with E-state index in [1.54, 1.807) is 24.3 Å². The second-order valence-corrected chi connectivity index (χ2v) is 7.87. The van der Waals surface area contributed by atoms with Gasteiger partial charge in [-0.1, -0.05) is 71.7 Å². The number of fused-ring (bicyclic) bond motifs is 1. The number of halogens is 2. The molecule has 0 aliphatic rings. The zero-order valence-corrected chi connectivity index (χ0v) is 17.9. The van der Waals surface area contributed by atoms with Gasteiger partial charge in [-0.05, 0) is 35.9 Å². The van der Waals surface area contributed by atoms with Crippen LogP contribution < -0.4 is 5.32 Å². The van der Waals surface area contributed by atoms with E-state index < -0.39 is 5.91 Å². The summed E-state index contributed by atoms with van der Waals surface area (Å²) in [7, 11) is 0. The van der Waals surface area contributed by atoms with Gasteiger partial charge in [-0.3, -0.25) is 4.79 Å². The molecular formula is C25H17Cl2N3O. The van der Waals surface area contributed by atoms with Crippen molar-refractivity contribution in [3.05, 3.63) is 106 Å². The Balaban J connectivity index is 1.68. The summed E-state index contributed by atoms with van der Waals surface area (Å²) in [6.45, 7) is 0.685. The van der Waals surface area contributed by atoms with Gasteiger partial charge in [0.25, 0.3) is 5.91 Å². The fraction of sp³-hybridized carbons (Fsp3) is 0.0400. The van der Waals surface area contributed by atoms with E-state index in [1.807, 2.05) is 54.7 Å². The highest BCUT2D eigenvalue weighted by atomic mass is 35.5. The fourth-order valence-electron chi connectivity index (χ4n) is 3.43. The Morgan fingerprint density at radius 3 is 2.39 bits per heavy atom. The largest absolute Gasteiger partial charge is 0.342 e. The van der Waals surface area contributed by atoms with Gasteiger partial charge in [0.2, 0.25) is 0 Å². The Morgan fingerprint density at radius 1 is 1.00 bits per heavy atom. The molecule has 4 rings (SSSR count). The molecule has 6 heteroatoms. The molecule has 4 aromatic rings. The SMILES string of the molecule is N#C/C(=C\c1cn(Cc2ccccc2)c2ccccc12)C(=O)Nc1cc(Cl)cc(Cl)c1. The molecule has 31 heavy (non-hydrogen) atoms. The topological polar surface area (TPSA) is 57.8 Å². The summed E-state index contributed by atoms with van der Waals surface area (Å²) in [5.41, 5.74) is 3.39. The number of carbonyl (C=O) groups is 1. The predicted molar refractivity (Wildman–Crippen MR) is 126 cm³/mol. The molecular weight excluding hydrogens is 429 g/mol. The number of rotatable bonds is 5. The van der Waals surface area contributed by atoms with Crippen molar-refractivity contribution in [2.24, 2.45) is 0 Å². The Bertz CT molecular complexity index is 1310. The van der Waals surface area contributed by atoms with E-state index in [-0.39, 0.29) is 5.57 Å². The summed E-state index contributed by atoms with van der Waals surface area (Å²) < 4.78 is 2.11. The van der Waals surface area contributed by atoms with E-state index in [1.165, 1.54) is 0 Å². The number of aromatic nitrogens is 1. The van der Waals surface area contributed by atoms with Crippen LogP contribution in [-0.4, -0.2) is 10.5 Å². The van der Waals surface area contributed by atoms with Crippen LogP contribution in [0.25, 0.3) is 17.0 Å². The highest BCUT2D eigenvalue weighted by Gasteiger charge is 2.13. The van der Waals surface area contributed by atoms with Crippen LogP contribution >= 0.6 is 23.2 Å². The van der Waals surface area contributed by atoms with Crippen LogP contribution in [0.3, 0.4) is 0 Å². The van der Waals surface area contributed by atoms with Crippen LogP contribution in [0.4, 0.5) is 5.69 Å². The van der Waals surface area contributed by atoms with Gasteiger partial charge < -0.3 is 9.88 Å². The number of hydrogen-bond acceptors (Lipinski definition) is 2. The van der Waals surface area contributed by atoms with Crippen molar-refractivity contribution in [3.63, 3.8) is 0 Å². The highest BCUT2D eigenvalue weighted by Crippen LogP contribution is 2.26. The number of amides is 1. The molecule has 0 unspecified atom stereocenters. The molecule has 0 aliphatic heterocycles. The summed E-state index contributed by atoms with van der Waals surface area (Å²) in [6, 6.07) is 24.7. The first kappa shape index (κ1) is 20.7. The second-order valence-electron chi connectivity index (χ2n) is 7.00. The monoisotopic (exact) mass is 445 g/mol. The minimum absolute atomic E-state index is 0.0151. The number of carbonyl (C=O) groups excluding carboxylic acids is 1. The number of nitrogens with one attached hydrogen (secondary N) is 1. The lowest BCUT2D eigenvalue weighted by atomic mass is 10.1. The number of anilines is 1. The van der Waals surface area contributed by atoms with Gasteiger partial charge in [0.15, 0.2) is 0 Å². The van der Waals surface area contributed by atoms with Crippen molar-refractivity contribution in [1.82, 2.24) is 4.57 Å². The average Bonchev–Trinajstić information content (AvgIpc) is 3.09. The molecule has 0 fully saturated rings. The van der Waals surface area contributed by atoms with E-state index in [0.717, 1.165) is 22.0 Å². The molecule has 0 radical (unpaired) electrons. The third kappa shape index (κ3) is 4.80.